The van der Waals surface area contributed by atoms with Crippen LogP contribution in [0.3, 0.4) is 0 Å². The van der Waals surface area contributed by atoms with E-state index < -0.39 is 0 Å². The molecule has 0 saturated carbocycles. The highest BCUT2D eigenvalue weighted by atomic mass is 16.2. The molecule has 0 atom stereocenters. The van der Waals surface area contributed by atoms with Gasteiger partial charge in [-0.2, -0.15) is 0 Å². The van der Waals surface area contributed by atoms with Gasteiger partial charge in [-0.1, -0.05) is 29.8 Å². The third kappa shape index (κ3) is 6.04. The molecule has 170 valence electrons. The van der Waals surface area contributed by atoms with Gasteiger partial charge in [-0.15, -0.1) is 0 Å². The van der Waals surface area contributed by atoms with Gasteiger partial charge in [-0.05, 0) is 56.5 Å². The standard InChI is InChI=1S/C26H33N3O3/c1-18-8-9-20(3)22(16-18)24(30)10-11-26(32)29-14-12-28(13-15-29)17-25(31)27-23-7-5-6-19(2)21(23)4/h5-9,16H,10-15,17H2,1-4H3,(H,27,31). The molecule has 0 aliphatic carbocycles. The Bertz CT molecular complexity index is 1010. The van der Waals surface area contributed by atoms with E-state index in [1.54, 1.807) is 4.90 Å². The molecule has 1 fully saturated rings. The Kier molecular flexibility index (Phi) is 7.80. The molecule has 0 bridgehead atoms. The number of ketones is 1. The van der Waals surface area contributed by atoms with Crippen molar-refractivity contribution < 1.29 is 14.4 Å². The van der Waals surface area contributed by atoms with Crippen LogP contribution in [0, 0.1) is 27.7 Å². The molecule has 2 aromatic rings. The molecule has 6 nitrogen and oxygen atoms in total. The van der Waals surface area contributed by atoms with E-state index in [0.29, 0.717) is 38.3 Å². The quantitative estimate of drug-likeness (QED) is 0.674. The van der Waals surface area contributed by atoms with Gasteiger partial charge in [0.2, 0.25) is 11.8 Å². The summed E-state index contributed by atoms with van der Waals surface area (Å²) in [6, 6.07) is 11.7. The van der Waals surface area contributed by atoms with Gasteiger partial charge >= 0.3 is 0 Å². The first-order valence-electron chi connectivity index (χ1n) is 11.2. The normalized spacial score (nSPS) is 14.3. The van der Waals surface area contributed by atoms with Gasteiger partial charge in [-0.25, -0.2) is 0 Å². The number of anilines is 1. The lowest BCUT2D eigenvalue weighted by molar-refractivity contribution is -0.133. The zero-order valence-electron chi connectivity index (χ0n) is 19.5. The smallest absolute Gasteiger partial charge is 0.238 e. The summed E-state index contributed by atoms with van der Waals surface area (Å²) in [5.74, 6) is -0.0259. The molecule has 2 amide bonds. The van der Waals surface area contributed by atoms with Crippen molar-refractivity contribution in [1.82, 2.24) is 9.80 Å². The summed E-state index contributed by atoms with van der Waals surface area (Å²) in [6.45, 7) is 10.7. The van der Waals surface area contributed by atoms with E-state index >= 15 is 0 Å². The summed E-state index contributed by atoms with van der Waals surface area (Å²) < 4.78 is 0. The number of hydrogen-bond acceptors (Lipinski definition) is 4. The van der Waals surface area contributed by atoms with Crippen molar-refractivity contribution in [3.05, 3.63) is 64.2 Å². The Morgan fingerprint density at radius 3 is 2.31 bits per heavy atom. The molecular formula is C26H33N3O3. The minimum absolute atomic E-state index is 0.00291. The number of piperazine rings is 1. The van der Waals surface area contributed by atoms with E-state index in [0.717, 1.165) is 27.9 Å². The third-order valence-electron chi connectivity index (χ3n) is 6.23. The van der Waals surface area contributed by atoms with Crippen LogP contribution in [0.15, 0.2) is 36.4 Å². The summed E-state index contributed by atoms with van der Waals surface area (Å²) in [5, 5.41) is 2.99. The Hall–Kier alpha value is -2.99. The first kappa shape index (κ1) is 23.7. The van der Waals surface area contributed by atoms with Crippen LogP contribution in [0.2, 0.25) is 0 Å². The first-order valence-corrected chi connectivity index (χ1v) is 11.2. The van der Waals surface area contributed by atoms with Crippen LogP contribution < -0.4 is 5.32 Å². The Balaban J connectivity index is 1.43. The Morgan fingerprint density at radius 1 is 0.875 bits per heavy atom. The van der Waals surface area contributed by atoms with Crippen molar-refractivity contribution in [2.45, 2.75) is 40.5 Å². The highest BCUT2D eigenvalue weighted by molar-refractivity contribution is 5.99. The number of benzene rings is 2. The fourth-order valence-corrected chi connectivity index (χ4v) is 3.98. The number of carbonyl (C=O) groups is 3. The highest BCUT2D eigenvalue weighted by Crippen LogP contribution is 2.18. The molecule has 0 radical (unpaired) electrons. The SMILES string of the molecule is Cc1ccc(C)c(C(=O)CCC(=O)N2CCN(CC(=O)Nc3cccc(C)c3C)CC2)c1. The van der Waals surface area contributed by atoms with Crippen LogP contribution in [-0.2, 0) is 9.59 Å². The van der Waals surface area contributed by atoms with Crippen LogP contribution in [0.1, 0.15) is 45.5 Å². The molecule has 1 aliphatic rings. The van der Waals surface area contributed by atoms with Crippen LogP contribution in [-0.4, -0.2) is 60.1 Å². The summed E-state index contributed by atoms with van der Waals surface area (Å²) in [4.78, 5) is 41.5. The van der Waals surface area contributed by atoms with E-state index in [1.807, 2.05) is 64.1 Å². The number of nitrogens with zero attached hydrogens (tertiary/aromatic N) is 2. The molecule has 32 heavy (non-hydrogen) atoms. The minimum atomic E-state index is -0.0439. The van der Waals surface area contributed by atoms with Crippen molar-refractivity contribution >= 4 is 23.3 Å². The number of rotatable bonds is 7. The van der Waals surface area contributed by atoms with E-state index in [9.17, 15) is 14.4 Å². The third-order valence-corrected chi connectivity index (χ3v) is 6.23. The molecule has 1 heterocycles. The van der Waals surface area contributed by atoms with Gasteiger partial charge in [0.1, 0.15) is 0 Å². The average Bonchev–Trinajstić information content (AvgIpc) is 2.77. The molecular weight excluding hydrogens is 402 g/mol. The summed E-state index contributed by atoms with van der Waals surface area (Å²) >= 11 is 0. The predicted molar refractivity (Wildman–Crippen MR) is 127 cm³/mol. The second-order valence-electron chi connectivity index (χ2n) is 8.69. The van der Waals surface area contributed by atoms with Crippen molar-refractivity contribution in [2.75, 3.05) is 38.0 Å². The van der Waals surface area contributed by atoms with Gasteiger partial charge in [0.05, 0.1) is 6.54 Å². The van der Waals surface area contributed by atoms with Gasteiger partial charge in [0.25, 0.3) is 0 Å². The van der Waals surface area contributed by atoms with Crippen LogP contribution in [0.4, 0.5) is 5.69 Å². The van der Waals surface area contributed by atoms with Gasteiger partial charge in [-0.3, -0.25) is 19.3 Å². The number of nitrogens with one attached hydrogen (secondary N) is 1. The molecule has 2 aromatic carbocycles. The molecule has 1 N–H and O–H groups in total. The molecule has 0 spiro atoms. The first-order chi connectivity index (χ1) is 15.2. The maximum absolute atomic E-state index is 12.6. The second kappa shape index (κ2) is 10.6. The summed E-state index contributed by atoms with van der Waals surface area (Å²) in [7, 11) is 0. The van der Waals surface area contributed by atoms with E-state index in [-0.39, 0.29) is 30.4 Å². The van der Waals surface area contributed by atoms with Gasteiger partial charge in [0.15, 0.2) is 5.78 Å². The Morgan fingerprint density at radius 2 is 1.59 bits per heavy atom. The second-order valence-corrected chi connectivity index (χ2v) is 8.69. The predicted octanol–water partition coefficient (Wildman–Crippen LogP) is 3.67. The lowest BCUT2D eigenvalue weighted by atomic mass is 9.99. The maximum Gasteiger partial charge on any atom is 0.238 e. The van der Waals surface area contributed by atoms with E-state index in [1.165, 1.54) is 0 Å². The number of amides is 2. The zero-order chi connectivity index (χ0) is 23.3. The fraction of sp³-hybridized carbons (Fsp3) is 0.423. The minimum Gasteiger partial charge on any atom is -0.340 e. The lowest BCUT2D eigenvalue weighted by Gasteiger charge is -2.34. The fourth-order valence-electron chi connectivity index (χ4n) is 3.98. The highest BCUT2D eigenvalue weighted by Gasteiger charge is 2.23. The van der Waals surface area contributed by atoms with Crippen molar-refractivity contribution in [1.29, 1.82) is 0 Å². The average molecular weight is 436 g/mol. The van der Waals surface area contributed by atoms with Crippen molar-refractivity contribution in [3.8, 4) is 0 Å². The van der Waals surface area contributed by atoms with E-state index in [2.05, 4.69) is 10.2 Å². The molecule has 6 heteroatoms. The van der Waals surface area contributed by atoms with E-state index in [4.69, 9.17) is 0 Å². The zero-order valence-corrected chi connectivity index (χ0v) is 19.5. The summed E-state index contributed by atoms with van der Waals surface area (Å²) in [5.41, 5.74) is 5.76. The van der Waals surface area contributed by atoms with Gasteiger partial charge in [0, 0.05) is 50.3 Å². The number of carbonyl (C=O) groups excluding carboxylic acids is 3. The lowest BCUT2D eigenvalue weighted by Crippen LogP contribution is -2.50. The van der Waals surface area contributed by atoms with Crippen molar-refractivity contribution in [2.24, 2.45) is 0 Å². The monoisotopic (exact) mass is 435 g/mol. The number of hydrogen-bond donors (Lipinski definition) is 1. The summed E-state index contributed by atoms with van der Waals surface area (Å²) in [6.07, 6.45) is 0.445. The number of Topliss-reactive ketones (excluding diaryl/α,β-unsaturated/α-hetero) is 1. The largest absolute Gasteiger partial charge is 0.340 e. The van der Waals surface area contributed by atoms with Gasteiger partial charge < -0.3 is 10.2 Å². The molecule has 3 rings (SSSR count). The molecule has 1 saturated heterocycles. The molecule has 0 unspecified atom stereocenters. The molecule has 0 aromatic heterocycles. The topological polar surface area (TPSA) is 69.7 Å². The van der Waals surface area contributed by atoms with Crippen LogP contribution in [0.25, 0.3) is 0 Å². The molecule has 1 aliphatic heterocycles. The number of aryl methyl sites for hydroxylation is 3. The van der Waals surface area contributed by atoms with Crippen molar-refractivity contribution in [3.63, 3.8) is 0 Å². The Labute approximate surface area is 190 Å². The van der Waals surface area contributed by atoms with Crippen LogP contribution in [0.5, 0.6) is 0 Å². The maximum atomic E-state index is 12.6. The van der Waals surface area contributed by atoms with Crippen LogP contribution >= 0.6 is 0 Å².